The van der Waals surface area contributed by atoms with Gasteiger partial charge in [0.15, 0.2) is 11.6 Å². The number of hydroxylamine groups is 2. The first-order valence-electron chi connectivity index (χ1n) is 9.98. The molecule has 1 amide bonds. The summed E-state index contributed by atoms with van der Waals surface area (Å²) >= 11 is 0. The molecule has 9 nitrogen and oxygen atoms in total. The number of carbonyl (C=O) groups is 3. The Hall–Kier alpha value is -3.17. The highest BCUT2D eigenvalue weighted by Gasteiger charge is 2.50. The molecule has 3 unspecified atom stereocenters. The molecule has 0 aliphatic heterocycles. The summed E-state index contributed by atoms with van der Waals surface area (Å²) in [6.45, 7) is 0.389. The van der Waals surface area contributed by atoms with Gasteiger partial charge in [-0.3, -0.25) is 14.4 Å². The van der Waals surface area contributed by atoms with E-state index in [2.05, 4.69) is 0 Å². The number of nitrogens with zero attached hydrogens (tertiary/aromatic N) is 1. The molecule has 1 aromatic rings. The predicted octanol–water partition coefficient (Wildman–Crippen LogP) is 1.46. The van der Waals surface area contributed by atoms with Crippen molar-refractivity contribution in [3.8, 4) is 5.75 Å². The van der Waals surface area contributed by atoms with Crippen LogP contribution in [0, 0.1) is 17.8 Å². The maximum Gasteiger partial charge on any atom is 0.255 e. The third-order valence-corrected chi connectivity index (χ3v) is 6.57. The van der Waals surface area contributed by atoms with Crippen LogP contribution in [-0.4, -0.2) is 52.0 Å². The first-order chi connectivity index (χ1) is 14.6. The van der Waals surface area contributed by atoms with Gasteiger partial charge in [0.2, 0.25) is 0 Å². The summed E-state index contributed by atoms with van der Waals surface area (Å²) in [5.41, 5.74) is 6.39. The largest absolute Gasteiger partial charge is 0.511 e. The van der Waals surface area contributed by atoms with E-state index in [1.165, 1.54) is 13.2 Å². The average Bonchev–Trinajstić information content (AvgIpc) is 2.68. The smallest absolute Gasteiger partial charge is 0.255 e. The number of allylic oxidation sites excluding steroid dienone is 3. The topological polar surface area (TPSA) is 150 Å². The first-order valence-corrected chi connectivity index (χ1v) is 9.98. The third kappa shape index (κ3) is 3.21. The number of hydrogen-bond acceptors (Lipinski definition) is 8. The number of fused-ring (bicyclic) bond motifs is 3. The molecular formula is C22H24N2O7. The zero-order valence-corrected chi connectivity index (χ0v) is 17.2. The Kier molecular flexibility index (Phi) is 5.10. The van der Waals surface area contributed by atoms with E-state index in [9.17, 15) is 29.7 Å². The Labute approximate surface area is 178 Å². The van der Waals surface area contributed by atoms with Crippen molar-refractivity contribution in [2.24, 2.45) is 23.5 Å². The number of aliphatic hydroxyl groups excluding tert-OH is 2. The van der Waals surface area contributed by atoms with Crippen molar-refractivity contribution in [2.75, 3.05) is 14.2 Å². The maximum absolute atomic E-state index is 13.4. The lowest BCUT2D eigenvalue weighted by atomic mass is 9.62. The minimum atomic E-state index is -1.11. The minimum absolute atomic E-state index is 0.0167. The van der Waals surface area contributed by atoms with Crippen LogP contribution in [0.15, 0.2) is 34.8 Å². The zero-order chi connectivity index (χ0) is 22.6. The fraction of sp³-hybridized carbons (Fsp3) is 0.409. The lowest BCUT2D eigenvalue weighted by molar-refractivity contribution is -0.126. The van der Waals surface area contributed by atoms with Gasteiger partial charge in [-0.1, -0.05) is 6.07 Å². The molecule has 0 heterocycles. The SMILES string of the molecule is CON(C)Cc1ccc(O)c2c1CC1CC3CC(O)=C(C(N)=O)C(=O)C3C(O)=C1C2=O. The van der Waals surface area contributed by atoms with Crippen LogP contribution >= 0.6 is 0 Å². The van der Waals surface area contributed by atoms with Crippen molar-refractivity contribution in [1.29, 1.82) is 0 Å². The number of aliphatic hydroxyl groups is 2. The van der Waals surface area contributed by atoms with Crippen molar-refractivity contribution in [1.82, 2.24) is 5.06 Å². The molecule has 0 spiro atoms. The number of benzene rings is 1. The highest BCUT2D eigenvalue weighted by molar-refractivity contribution is 6.22. The van der Waals surface area contributed by atoms with Crippen LogP contribution in [0.1, 0.15) is 34.3 Å². The number of Topliss-reactive ketones (excluding diaryl/α,β-unsaturated/α-hetero) is 2. The van der Waals surface area contributed by atoms with E-state index in [1.807, 2.05) is 0 Å². The van der Waals surface area contributed by atoms with E-state index in [0.29, 0.717) is 24.9 Å². The highest BCUT2D eigenvalue weighted by Crippen LogP contribution is 2.49. The summed E-state index contributed by atoms with van der Waals surface area (Å²) < 4.78 is 0. The van der Waals surface area contributed by atoms with E-state index in [-0.39, 0.29) is 35.0 Å². The van der Waals surface area contributed by atoms with E-state index < -0.39 is 40.6 Å². The molecule has 3 atom stereocenters. The zero-order valence-electron chi connectivity index (χ0n) is 17.2. The Morgan fingerprint density at radius 3 is 2.58 bits per heavy atom. The summed E-state index contributed by atoms with van der Waals surface area (Å²) in [5, 5.41) is 33.2. The second kappa shape index (κ2) is 7.51. The average molecular weight is 428 g/mol. The lowest BCUT2D eigenvalue weighted by Crippen LogP contribution is -2.43. The van der Waals surface area contributed by atoms with E-state index in [1.54, 1.807) is 18.2 Å². The molecule has 3 aliphatic rings. The highest BCUT2D eigenvalue weighted by atomic mass is 16.7. The van der Waals surface area contributed by atoms with Crippen molar-refractivity contribution < 1.29 is 34.5 Å². The van der Waals surface area contributed by atoms with E-state index >= 15 is 0 Å². The summed E-state index contributed by atoms with van der Waals surface area (Å²) in [5.74, 6) is -5.30. The van der Waals surface area contributed by atoms with Gasteiger partial charge in [0.25, 0.3) is 5.91 Å². The van der Waals surface area contributed by atoms with Crippen LogP contribution in [0.2, 0.25) is 0 Å². The quantitative estimate of drug-likeness (QED) is 0.416. The maximum atomic E-state index is 13.4. The van der Waals surface area contributed by atoms with Gasteiger partial charge in [-0.25, -0.2) is 0 Å². The Bertz CT molecular complexity index is 1070. The van der Waals surface area contributed by atoms with E-state index in [0.717, 1.165) is 5.56 Å². The Balaban J connectivity index is 1.81. The number of hydrogen-bond donors (Lipinski definition) is 4. The molecule has 3 aliphatic carbocycles. The molecule has 9 heteroatoms. The minimum Gasteiger partial charge on any atom is -0.511 e. The number of primary amides is 1. The monoisotopic (exact) mass is 428 g/mol. The molecule has 0 bridgehead atoms. The predicted molar refractivity (Wildman–Crippen MR) is 108 cm³/mol. The molecule has 0 aromatic heterocycles. The number of carbonyl (C=O) groups excluding carboxylic acids is 3. The number of nitrogens with two attached hydrogens (primary N) is 1. The molecule has 0 saturated heterocycles. The van der Waals surface area contributed by atoms with Crippen molar-refractivity contribution >= 4 is 17.5 Å². The molecule has 1 aromatic carbocycles. The Morgan fingerprint density at radius 2 is 1.94 bits per heavy atom. The lowest BCUT2D eigenvalue weighted by Gasteiger charge is -2.41. The van der Waals surface area contributed by atoms with Crippen LogP contribution in [0.3, 0.4) is 0 Å². The van der Waals surface area contributed by atoms with Gasteiger partial charge in [-0.2, -0.15) is 5.06 Å². The Morgan fingerprint density at radius 1 is 1.23 bits per heavy atom. The number of ketones is 2. The molecule has 164 valence electrons. The van der Waals surface area contributed by atoms with Crippen LogP contribution in [0.25, 0.3) is 0 Å². The van der Waals surface area contributed by atoms with Gasteiger partial charge in [0.1, 0.15) is 22.8 Å². The first kappa shape index (κ1) is 21.1. The standard InChI is InChI=1S/C22H24N2O7/c1-24(31-2)8-9-3-4-13(25)17-12(9)6-10-5-11-7-14(26)18(22(23)30)21(29)16(11)19(27)15(10)20(17)28/h3-4,10-11,16,25-27H,5-8H2,1-2H3,(H2,23,30). The van der Waals surface area contributed by atoms with Crippen LogP contribution in [0.5, 0.6) is 5.75 Å². The van der Waals surface area contributed by atoms with Gasteiger partial charge >= 0.3 is 0 Å². The number of rotatable bonds is 4. The van der Waals surface area contributed by atoms with Crippen molar-refractivity contribution in [3.05, 3.63) is 51.5 Å². The van der Waals surface area contributed by atoms with Gasteiger partial charge in [-0.15, -0.1) is 0 Å². The number of phenols is 1. The van der Waals surface area contributed by atoms with Gasteiger partial charge < -0.3 is 25.9 Å². The molecule has 5 N–H and O–H groups in total. The molecular weight excluding hydrogens is 404 g/mol. The fourth-order valence-corrected chi connectivity index (χ4v) is 5.16. The van der Waals surface area contributed by atoms with Crippen LogP contribution in [-0.2, 0) is 27.4 Å². The number of amides is 1. The molecule has 4 rings (SSSR count). The van der Waals surface area contributed by atoms with Crippen molar-refractivity contribution in [2.45, 2.75) is 25.8 Å². The summed E-state index contributed by atoms with van der Waals surface area (Å²) in [6, 6.07) is 3.16. The van der Waals surface area contributed by atoms with Gasteiger partial charge in [-0.05, 0) is 41.9 Å². The summed E-state index contributed by atoms with van der Waals surface area (Å²) in [4.78, 5) is 43.0. The summed E-state index contributed by atoms with van der Waals surface area (Å²) in [7, 11) is 3.27. The van der Waals surface area contributed by atoms with Crippen LogP contribution < -0.4 is 5.73 Å². The number of phenolic OH excluding ortho intramolecular Hbond substituents is 1. The summed E-state index contributed by atoms with van der Waals surface area (Å²) in [6.07, 6.45) is 0.765. The molecule has 0 saturated carbocycles. The van der Waals surface area contributed by atoms with Crippen molar-refractivity contribution in [3.63, 3.8) is 0 Å². The second-order valence-corrected chi connectivity index (χ2v) is 8.32. The van der Waals surface area contributed by atoms with Gasteiger partial charge in [0, 0.05) is 25.6 Å². The van der Waals surface area contributed by atoms with E-state index in [4.69, 9.17) is 10.6 Å². The molecule has 0 fully saturated rings. The number of aromatic hydroxyl groups is 1. The fourth-order valence-electron chi connectivity index (χ4n) is 5.16. The van der Waals surface area contributed by atoms with Gasteiger partial charge in [0.05, 0.1) is 18.6 Å². The van der Waals surface area contributed by atoms with Crippen LogP contribution in [0.4, 0.5) is 0 Å². The second-order valence-electron chi connectivity index (χ2n) is 8.32. The molecule has 31 heavy (non-hydrogen) atoms. The normalized spacial score (nSPS) is 25.5. The molecule has 0 radical (unpaired) electrons. The third-order valence-electron chi connectivity index (χ3n) is 6.57.